The average Bonchev–Trinajstić information content (AvgIpc) is 3.54. The second-order valence-corrected chi connectivity index (χ2v) is 15.3. The van der Waals surface area contributed by atoms with E-state index in [1.54, 1.807) is 11.0 Å². The lowest BCUT2D eigenvalue weighted by atomic mass is 9.60. The van der Waals surface area contributed by atoms with Crippen molar-refractivity contribution in [3.63, 3.8) is 0 Å². The number of nitrogens with zero attached hydrogens (tertiary/aromatic N) is 2. The highest BCUT2D eigenvalue weighted by Crippen LogP contribution is 2.54. The molecule has 1 aromatic rings. The van der Waals surface area contributed by atoms with Gasteiger partial charge in [0.2, 0.25) is 23.5 Å². The van der Waals surface area contributed by atoms with Crippen molar-refractivity contribution in [3.05, 3.63) is 18.0 Å². The van der Waals surface area contributed by atoms with Gasteiger partial charge in [-0.3, -0.25) is 33.9 Å². The summed E-state index contributed by atoms with van der Waals surface area (Å²) in [4.78, 5) is 83.3. The molecule has 0 aromatic carbocycles. The molecule has 13 nitrogen and oxygen atoms in total. The molecule has 3 aliphatic carbocycles. The van der Waals surface area contributed by atoms with Gasteiger partial charge in [0, 0.05) is 18.3 Å². The largest absolute Gasteiger partial charge is 0.347 e. The molecule has 3 heterocycles. The number of rotatable bonds is 12. The van der Waals surface area contributed by atoms with Gasteiger partial charge in [0.05, 0.1) is 6.04 Å². The molecule has 13 heteroatoms. The van der Waals surface area contributed by atoms with E-state index in [9.17, 15) is 28.8 Å². The number of aromatic nitrogens is 2. The van der Waals surface area contributed by atoms with Crippen molar-refractivity contribution in [3.8, 4) is 0 Å². The minimum atomic E-state index is -0.971. The van der Waals surface area contributed by atoms with E-state index in [0.717, 1.165) is 64.2 Å². The molecule has 7 atom stereocenters. The number of carbonyl (C=O) groups excluding carboxylic acids is 6. The molecule has 6 rings (SSSR count). The maximum absolute atomic E-state index is 14.6. The lowest BCUT2D eigenvalue weighted by Gasteiger charge is -2.55. The summed E-state index contributed by atoms with van der Waals surface area (Å²) in [5.74, 6) is -2.82. The van der Waals surface area contributed by atoms with Crippen LogP contribution in [-0.2, 0) is 24.0 Å². The summed E-state index contributed by atoms with van der Waals surface area (Å²) in [6, 6.07) is -2.11. The Hall–Kier alpha value is -3.77. The zero-order valence-corrected chi connectivity index (χ0v) is 28.4. The second-order valence-electron chi connectivity index (χ2n) is 15.3. The van der Waals surface area contributed by atoms with Crippen LogP contribution < -0.4 is 21.3 Å². The van der Waals surface area contributed by atoms with Crippen LogP contribution in [0.5, 0.6) is 0 Å². The standard InChI is InChI=1S/C35H51N7O6/c1-4-9-23(28(43)33(47)37-21-14-15-21)38-31(45)25-18-20-12-8-13-22-27(20)42(25)34(48)29(35(22,2)3)40-32(46)26(19-10-6-5-7-11-19)39-30(44)24-16-17-36-41-24/h16-17,19-23,25-27,29H,4-15,18H2,1-3H3,(H,36,41)(H,37,47)(H,38,45)(H,39,44)(H,40,46). The quantitative estimate of drug-likeness (QED) is 0.212. The van der Waals surface area contributed by atoms with Crippen LogP contribution in [0.3, 0.4) is 0 Å². The number of Topliss-reactive ketones (excluding diaryl/α,β-unsaturated/α-hetero) is 1. The molecular formula is C35H51N7O6. The zero-order valence-electron chi connectivity index (χ0n) is 28.4. The van der Waals surface area contributed by atoms with Gasteiger partial charge in [0.15, 0.2) is 0 Å². The Kier molecular flexibility index (Phi) is 9.94. The number of hydrogen-bond acceptors (Lipinski definition) is 7. The van der Waals surface area contributed by atoms with Gasteiger partial charge < -0.3 is 26.2 Å². The Bertz CT molecular complexity index is 1400. The predicted octanol–water partition coefficient (Wildman–Crippen LogP) is 2.13. The first-order valence-electron chi connectivity index (χ1n) is 18.1. The molecule has 7 unspecified atom stereocenters. The minimum Gasteiger partial charge on any atom is -0.347 e. The third-order valence-corrected chi connectivity index (χ3v) is 11.7. The topological polar surface area (TPSA) is 182 Å². The van der Waals surface area contributed by atoms with Crippen molar-refractivity contribution in [2.75, 3.05) is 0 Å². The Labute approximate surface area is 281 Å². The third-order valence-electron chi connectivity index (χ3n) is 11.7. The molecule has 5 N–H and O–H groups in total. The first kappa shape index (κ1) is 34.1. The van der Waals surface area contributed by atoms with Gasteiger partial charge in [-0.15, -0.1) is 0 Å². The van der Waals surface area contributed by atoms with Crippen molar-refractivity contribution in [1.29, 1.82) is 0 Å². The summed E-state index contributed by atoms with van der Waals surface area (Å²) in [5.41, 5.74) is -0.353. The van der Waals surface area contributed by atoms with E-state index >= 15 is 0 Å². The molecule has 0 spiro atoms. The van der Waals surface area contributed by atoms with E-state index in [1.165, 1.54) is 6.20 Å². The van der Waals surface area contributed by atoms with Crippen molar-refractivity contribution < 1.29 is 28.8 Å². The summed E-state index contributed by atoms with van der Waals surface area (Å²) in [6.07, 6.45) is 11.8. The molecule has 1 aromatic heterocycles. The first-order valence-corrected chi connectivity index (χ1v) is 18.1. The summed E-state index contributed by atoms with van der Waals surface area (Å²) in [6.45, 7) is 5.95. The number of aromatic amines is 1. The molecule has 0 bridgehead atoms. The maximum atomic E-state index is 14.6. The van der Waals surface area contributed by atoms with Crippen LogP contribution >= 0.6 is 0 Å². The van der Waals surface area contributed by atoms with Crippen LogP contribution in [0.25, 0.3) is 0 Å². The molecule has 2 saturated heterocycles. The van der Waals surface area contributed by atoms with Gasteiger partial charge in [-0.1, -0.05) is 52.9 Å². The van der Waals surface area contributed by atoms with Gasteiger partial charge in [-0.25, -0.2) is 0 Å². The van der Waals surface area contributed by atoms with E-state index in [-0.39, 0.29) is 41.4 Å². The van der Waals surface area contributed by atoms with Crippen LogP contribution in [0, 0.1) is 23.2 Å². The summed E-state index contributed by atoms with van der Waals surface area (Å²) in [5, 5.41) is 18.1. The number of amides is 5. The number of H-pyrrole nitrogens is 1. The highest BCUT2D eigenvalue weighted by molar-refractivity contribution is 6.38. The van der Waals surface area contributed by atoms with E-state index in [2.05, 4.69) is 31.5 Å². The molecule has 5 amide bonds. The maximum Gasteiger partial charge on any atom is 0.289 e. The van der Waals surface area contributed by atoms with Gasteiger partial charge in [-0.2, -0.15) is 5.10 Å². The van der Waals surface area contributed by atoms with Crippen LogP contribution in [0.1, 0.15) is 115 Å². The van der Waals surface area contributed by atoms with E-state index in [4.69, 9.17) is 0 Å². The number of carbonyl (C=O) groups is 6. The van der Waals surface area contributed by atoms with Gasteiger partial charge in [-0.05, 0) is 80.6 Å². The Morgan fingerprint density at radius 1 is 0.979 bits per heavy atom. The Morgan fingerprint density at radius 3 is 2.40 bits per heavy atom. The first-order chi connectivity index (χ1) is 23.0. The third kappa shape index (κ3) is 6.74. The van der Waals surface area contributed by atoms with E-state index < -0.39 is 59.0 Å². The van der Waals surface area contributed by atoms with Gasteiger partial charge in [0.1, 0.15) is 23.8 Å². The number of piperidine rings is 1. The van der Waals surface area contributed by atoms with Crippen LogP contribution in [-0.4, -0.2) is 86.7 Å². The Morgan fingerprint density at radius 2 is 1.73 bits per heavy atom. The molecule has 2 aliphatic heterocycles. The lowest BCUT2D eigenvalue weighted by Crippen LogP contribution is -2.70. The van der Waals surface area contributed by atoms with Crippen molar-refractivity contribution in [1.82, 2.24) is 36.4 Å². The molecule has 5 fully saturated rings. The highest BCUT2D eigenvalue weighted by atomic mass is 16.2. The SMILES string of the molecule is CCCC(NC(=O)C1CC2CCCC3C2N1C(=O)C(NC(=O)C(NC(=O)c1ccn[nH]1)C1CCCCC1)C3(C)C)C(=O)C(=O)NC1CC1. The lowest BCUT2D eigenvalue weighted by molar-refractivity contribution is -0.160. The normalized spacial score (nSPS) is 29.3. The minimum absolute atomic E-state index is 0.0206. The van der Waals surface area contributed by atoms with Crippen molar-refractivity contribution >= 4 is 35.3 Å². The highest BCUT2D eigenvalue weighted by Gasteiger charge is 2.62. The van der Waals surface area contributed by atoms with Gasteiger partial charge in [0.25, 0.3) is 11.8 Å². The fraction of sp³-hybridized carbons (Fsp3) is 0.743. The van der Waals surface area contributed by atoms with Crippen molar-refractivity contribution in [2.24, 2.45) is 23.2 Å². The average molecular weight is 666 g/mol. The number of ketones is 1. The molecule has 5 aliphatic rings. The molecule has 262 valence electrons. The molecule has 0 radical (unpaired) electrons. The Balaban J connectivity index is 1.23. The van der Waals surface area contributed by atoms with E-state index in [0.29, 0.717) is 19.3 Å². The molecular weight excluding hydrogens is 614 g/mol. The fourth-order valence-corrected chi connectivity index (χ4v) is 9.00. The monoisotopic (exact) mass is 665 g/mol. The van der Waals surface area contributed by atoms with Crippen LogP contribution in [0.2, 0.25) is 0 Å². The fourth-order valence-electron chi connectivity index (χ4n) is 9.00. The van der Waals surface area contributed by atoms with Gasteiger partial charge >= 0.3 is 0 Å². The van der Waals surface area contributed by atoms with Crippen LogP contribution in [0.15, 0.2) is 12.3 Å². The van der Waals surface area contributed by atoms with Crippen molar-refractivity contribution in [2.45, 2.75) is 140 Å². The molecule has 3 saturated carbocycles. The number of hydrogen-bond donors (Lipinski definition) is 5. The smallest absolute Gasteiger partial charge is 0.289 e. The second kappa shape index (κ2) is 14.0. The summed E-state index contributed by atoms with van der Waals surface area (Å²) in [7, 11) is 0. The zero-order chi connectivity index (χ0) is 34.2. The predicted molar refractivity (Wildman–Crippen MR) is 175 cm³/mol. The van der Waals surface area contributed by atoms with Crippen LogP contribution in [0.4, 0.5) is 0 Å². The summed E-state index contributed by atoms with van der Waals surface area (Å²) >= 11 is 0. The number of nitrogens with one attached hydrogen (secondary N) is 5. The molecule has 48 heavy (non-hydrogen) atoms. The van der Waals surface area contributed by atoms with E-state index in [1.807, 2.05) is 20.8 Å². The summed E-state index contributed by atoms with van der Waals surface area (Å²) < 4.78 is 0.